The third-order valence-electron chi connectivity index (χ3n) is 4.98. The minimum absolute atomic E-state index is 1.20. The normalized spacial score (nSPS) is 12.2. The van der Waals surface area contributed by atoms with E-state index in [2.05, 4.69) is 77.8 Å². The van der Waals surface area contributed by atoms with Gasteiger partial charge in [-0.3, -0.25) is 0 Å². The number of thiophene rings is 1. The summed E-state index contributed by atoms with van der Waals surface area (Å²) in [5.74, 6) is 0. The van der Waals surface area contributed by atoms with Crippen molar-refractivity contribution < 1.29 is 0 Å². The first-order chi connectivity index (χ1) is 11.9. The molecule has 0 bridgehead atoms. The van der Waals surface area contributed by atoms with Gasteiger partial charge in [0, 0.05) is 42.0 Å². The Labute approximate surface area is 142 Å². The average Bonchev–Trinajstić information content (AvgIpc) is 3.17. The van der Waals surface area contributed by atoms with E-state index in [4.69, 9.17) is 0 Å². The Kier molecular flexibility index (Phi) is 2.29. The number of benzene rings is 4. The van der Waals surface area contributed by atoms with Gasteiger partial charge >= 0.3 is 0 Å². The first kappa shape index (κ1) is 12.6. The van der Waals surface area contributed by atoms with Crippen LogP contribution in [0.1, 0.15) is 0 Å². The van der Waals surface area contributed by atoms with E-state index in [1.807, 2.05) is 11.3 Å². The summed E-state index contributed by atoms with van der Waals surface area (Å²) >= 11 is 1.88. The van der Waals surface area contributed by atoms with Crippen LogP contribution in [0.25, 0.3) is 52.8 Å². The monoisotopic (exact) mass is 323 g/mol. The maximum atomic E-state index is 3.55. The molecule has 0 saturated carbocycles. The number of fused-ring (bicyclic) bond motifs is 8. The van der Waals surface area contributed by atoms with E-state index in [-0.39, 0.29) is 0 Å². The number of aromatic nitrogens is 1. The van der Waals surface area contributed by atoms with Crippen molar-refractivity contribution in [3.8, 4) is 0 Å². The van der Waals surface area contributed by atoms with E-state index in [1.165, 1.54) is 52.8 Å². The zero-order valence-corrected chi connectivity index (χ0v) is 13.7. The Balaban J connectivity index is 1.90. The third kappa shape index (κ3) is 1.53. The van der Waals surface area contributed by atoms with Crippen molar-refractivity contribution in [3.63, 3.8) is 0 Å². The van der Waals surface area contributed by atoms with E-state index in [0.717, 1.165) is 0 Å². The summed E-state index contributed by atoms with van der Waals surface area (Å²) in [6.07, 6.45) is 0. The summed E-state index contributed by atoms with van der Waals surface area (Å²) in [4.78, 5) is 3.55. The first-order valence-corrected chi connectivity index (χ1v) is 8.94. The van der Waals surface area contributed by atoms with Crippen LogP contribution >= 0.6 is 11.3 Å². The number of nitrogens with one attached hydrogen (secondary N) is 1. The molecule has 2 heterocycles. The zero-order valence-electron chi connectivity index (χ0n) is 12.8. The highest BCUT2D eigenvalue weighted by molar-refractivity contribution is 7.26. The summed E-state index contributed by atoms with van der Waals surface area (Å²) in [6.45, 7) is 0. The molecule has 0 fully saturated rings. The van der Waals surface area contributed by atoms with Gasteiger partial charge in [-0.05, 0) is 41.1 Å². The van der Waals surface area contributed by atoms with Crippen LogP contribution in [-0.4, -0.2) is 4.98 Å². The van der Waals surface area contributed by atoms with Gasteiger partial charge in [-0.2, -0.15) is 0 Å². The smallest absolute Gasteiger partial charge is 0.0471 e. The lowest BCUT2D eigenvalue weighted by Crippen LogP contribution is -1.76. The lowest BCUT2D eigenvalue weighted by atomic mass is 10.0. The van der Waals surface area contributed by atoms with Crippen molar-refractivity contribution in [2.45, 2.75) is 0 Å². The highest BCUT2D eigenvalue weighted by Crippen LogP contribution is 2.40. The zero-order chi connectivity index (χ0) is 15.7. The molecule has 112 valence electrons. The number of H-pyrrole nitrogens is 1. The lowest BCUT2D eigenvalue weighted by molar-refractivity contribution is 1.55. The molecule has 2 heteroatoms. The average molecular weight is 323 g/mol. The van der Waals surface area contributed by atoms with Gasteiger partial charge in [0.05, 0.1) is 0 Å². The Morgan fingerprint density at radius 3 is 2.38 bits per heavy atom. The van der Waals surface area contributed by atoms with Gasteiger partial charge in [-0.1, -0.05) is 42.5 Å². The van der Waals surface area contributed by atoms with Gasteiger partial charge in [0.25, 0.3) is 0 Å². The molecular weight excluding hydrogens is 310 g/mol. The molecule has 1 nitrogen and oxygen atoms in total. The Morgan fingerprint density at radius 2 is 1.42 bits per heavy atom. The van der Waals surface area contributed by atoms with Crippen LogP contribution in [0.2, 0.25) is 0 Å². The number of para-hydroxylation sites is 1. The van der Waals surface area contributed by atoms with E-state index in [9.17, 15) is 0 Å². The van der Waals surface area contributed by atoms with Gasteiger partial charge in [-0.15, -0.1) is 11.3 Å². The highest BCUT2D eigenvalue weighted by Gasteiger charge is 2.11. The van der Waals surface area contributed by atoms with Crippen LogP contribution in [0.5, 0.6) is 0 Å². The van der Waals surface area contributed by atoms with Crippen molar-refractivity contribution in [1.82, 2.24) is 4.98 Å². The standard InChI is InChI=1S/C22H13NS/c1-3-7-18-14(5-1)17-12-16-13(11-19(17)23-18)9-10-21-22(16)15-6-2-4-8-20(15)24-21/h1-12,23H. The van der Waals surface area contributed by atoms with Gasteiger partial charge in [0.15, 0.2) is 0 Å². The summed E-state index contributed by atoms with van der Waals surface area (Å²) in [5, 5.41) is 8.00. The molecule has 0 unspecified atom stereocenters. The molecule has 0 aliphatic carbocycles. The van der Waals surface area contributed by atoms with Gasteiger partial charge in [-0.25, -0.2) is 0 Å². The Hall–Kier alpha value is -2.84. The molecule has 1 N–H and O–H groups in total. The molecule has 24 heavy (non-hydrogen) atoms. The van der Waals surface area contributed by atoms with E-state index in [1.54, 1.807) is 0 Å². The topological polar surface area (TPSA) is 15.8 Å². The predicted molar refractivity (Wildman–Crippen MR) is 106 cm³/mol. The van der Waals surface area contributed by atoms with Gasteiger partial charge < -0.3 is 4.98 Å². The Bertz CT molecular complexity index is 1400. The minimum Gasteiger partial charge on any atom is -0.354 e. The molecule has 0 amide bonds. The second kappa shape index (κ2) is 4.37. The molecule has 2 aromatic heterocycles. The lowest BCUT2D eigenvalue weighted by Gasteiger charge is -2.02. The fourth-order valence-corrected chi connectivity index (χ4v) is 5.02. The van der Waals surface area contributed by atoms with E-state index in [0.29, 0.717) is 0 Å². The molecule has 6 rings (SSSR count). The van der Waals surface area contributed by atoms with Crippen molar-refractivity contribution in [2.75, 3.05) is 0 Å². The molecule has 4 aromatic carbocycles. The van der Waals surface area contributed by atoms with Gasteiger partial charge in [0.2, 0.25) is 0 Å². The van der Waals surface area contributed by atoms with Crippen molar-refractivity contribution >= 4 is 64.1 Å². The van der Waals surface area contributed by atoms with E-state index < -0.39 is 0 Å². The first-order valence-electron chi connectivity index (χ1n) is 8.13. The predicted octanol–water partition coefficient (Wildman–Crippen LogP) is 6.84. The summed E-state index contributed by atoms with van der Waals surface area (Å²) in [6, 6.07) is 26.4. The SMILES string of the molecule is c1ccc2c(c1)[nH]c1cc3ccc4sc5ccccc5c4c3cc12. The molecule has 0 saturated heterocycles. The van der Waals surface area contributed by atoms with Crippen LogP contribution < -0.4 is 0 Å². The van der Waals surface area contributed by atoms with Crippen LogP contribution in [0.4, 0.5) is 0 Å². The third-order valence-corrected chi connectivity index (χ3v) is 6.12. The van der Waals surface area contributed by atoms with Crippen molar-refractivity contribution in [3.05, 3.63) is 72.8 Å². The maximum absolute atomic E-state index is 3.55. The summed E-state index contributed by atoms with van der Waals surface area (Å²) in [7, 11) is 0. The number of rotatable bonds is 0. The largest absolute Gasteiger partial charge is 0.354 e. The highest BCUT2D eigenvalue weighted by atomic mass is 32.1. The summed E-state index contributed by atoms with van der Waals surface area (Å²) < 4.78 is 2.72. The molecular formula is C22H13NS. The molecule has 0 aliphatic heterocycles. The van der Waals surface area contributed by atoms with Crippen molar-refractivity contribution in [1.29, 1.82) is 0 Å². The van der Waals surface area contributed by atoms with Crippen LogP contribution in [0, 0.1) is 0 Å². The molecule has 0 aliphatic rings. The van der Waals surface area contributed by atoms with Crippen LogP contribution in [0.3, 0.4) is 0 Å². The van der Waals surface area contributed by atoms with Crippen LogP contribution in [-0.2, 0) is 0 Å². The number of hydrogen-bond donors (Lipinski definition) is 1. The number of hydrogen-bond acceptors (Lipinski definition) is 1. The Morgan fingerprint density at radius 1 is 0.583 bits per heavy atom. The molecule has 0 radical (unpaired) electrons. The fraction of sp³-hybridized carbons (Fsp3) is 0. The second-order valence-corrected chi connectivity index (χ2v) is 7.41. The molecule has 0 spiro atoms. The maximum Gasteiger partial charge on any atom is 0.0471 e. The minimum atomic E-state index is 1.20. The fourth-order valence-electron chi connectivity index (χ4n) is 3.89. The summed E-state index contributed by atoms with van der Waals surface area (Å²) in [5.41, 5.74) is 2.41. The van der Waals surface area contributed by atoms with E-state index >= 15 is 0 Å². The van der Waals surface area contributed by atoms with Gasteiger partial charge in [0.1, 0.15) is 0 Å². The van der Waals surface area contributed by atoms with Crippen molar-refractivity contribution in [2.24, 2.45) is 0 Å². The molecule has 6 aromatic rings. The number of aromatic amines is 1. The second-order valence-electron chi connectivity index (χ2n) is 6.33. The van der Waals surface area contributed by atoms with Crippen LogP contribution in [0.15, 0.2) is 72.8 Å². The molecule has 0 atom stereocenters. The quantitative estimate of drug-likeness (QED) is 0.315.